The summed E-state index contributed by atoms with van der Waals surface area (Å²) in [4.78, 5) is 0. The molecule has 2 N–H and O–H groups in total. The van der Waals surface area contributed by atoms with E-state index in [1.54, 1.807) is 30.3 Å². The zero-order chi connectivity index (χ0) is 13.9. The molecule has 0 heterocycles. The lowest BCUT2D eigenvalue weighted by molar-refractivity contribution is -0.275. The normalized spacial score (nSPS) is 11.1. The van der Waals surface area contributed by atoms with E-state index in [0.29, 0.717) is 5.75 Å². The van der Waals surface area contributed by atoms with Gasteiger partial charge in [-0.2, -0.15) is 0 Å². The van der Waals surface area contributed by atoms with Gasteiger partial charge in [0.05, 0.1) is 0 Å². The average Bonchev–Trinajstić information content (AvgIpc) is 2.32. The predicted octanol–water partition coefficient (Wildman–Crippen LogP) is 3.96. The van der Waals surface area contributed by atoms with Gasteiger partial charge in [0.2, 0.25) is 0 Å². The molecule has 0 aliphatic carbocycles. The van der Waals surface area contributed by atoms with Crippen LogP contribution in [0.5, 0.6) is 17.2 Å². The van der Waals surface area contributed by atoms with Gasteiger partial charge in [-0.15, -0.1) is 13.2 Å². The van der Waals surface area contributed by atoms with Crippen molar-refractivity contribution in [2.75, 3.05) is 5.73 Å². The Labute approximate surface area is 107 Å². The van der Waals surface area contributed by atoms with Crippen molar-refractivity contribution in [1.29, 1.82) is 0 Å². The fraction of sp³-hybridized carbons (Fsp3) is 0.0769. The molecule has 0 aliphatic heterocycles. The van der Waals surface area contributed by atoms with Crippen molar-refractivity contribution in [3.05, 3.63) is 48.5 Å². The Morgan fingerprint density at radius 3 is 2.21 bits per heavy atom. The van der Waals surface area contributed by atoms with E-state index in [4.69, 9.17) is 10.5 Å². The first-order chi connectivity index (χ1) is 8.94. The van der Waals surface area contributed by atoms with Crippen LogP contribution in [0.3, 0.4) is 0 Å². The van der Waals surface area contributed by atoms with Gasteiger partial charge in [0.25, 0.3) is 0 Å². The highest BCUT2D eigenvalue weighted by Gasteiger charge is 2.32. The second kappa shape index (κ2) is 5.09. The van der Waals surface area contributed by atoms with Crippen LogP contribution in [-0.2, 0) is 0 Å². The van der Waals surface area contributed by atoms with Crippen LogP contribution in [-0.4, -0.2) is 6.36 Å². The van der Waals surface area contributed by atoms with Gasteiger partial charge < -0.3 is 15.2 Å². The lowest BCUT2D eigenvalue weighted by Crippen LogP contribution is -2.17. The molecule has 0 aromatic heterocycles. The zero-order valence-corrected chi connectivity index (χ0v) is 9.65. The van der Waals surface area contributed by atoms with Crippen LogP contribution in [0.25, 0.3) is 0 Å². The molecular weight excluding hydrogens is 259 g/mol. The van der Waals surface area contributed by atoms with E-state index in [1.807, 2.05) is 0 Å². The number of rotatable bonds is 3. The fourth-order valence-electron chi connectivity index (χ4n) is 1.43. The quantitative estimate of drug-likeness (QED) is 0.858. The Bertz CT molecular complexity index is 556. The van der Waals surface area contributed by atoms with Gasteiger partial charge in [-0.25, -0.2) is 0 Å². The second-order valence-corrected chi connectivity index (χ2v) is 3.67. The zero-order valence-electron chi connectivity index (χ0n) is 9.65. The molecule has 0 saturated carbocycles. The van der Waals surface area contributed by atoms with Gasteiger partial charge in [-0.1, -0.05) is 18.2 Å². The molecule has 0 bridgehead atoms. The molecule has 0 unspecified atom stereocenters. The van der Waals surface area contributed by atoms with Crippen LogP contribution in [0.1, 0.15) is 0 Å². The van der Waals surface area contributed by atoms with Crippen LogP contribution in [0.4, 0.5) is 18.9 Å². The number of hydrogen-bond acceptors (Lipinski definition) is 3. The number of para-hydroxylation sites is 1. The Morgan fingerprint density at radius 2 is 1.58 bits per heavy atom. The Hall–Kier alpha value is -2.37. The lowest BCUT2D eigenvalue weighted by Gasteiger charge is -2.14. The SMILES string of the molecule is Nc1ccc(OC(F)(F)F)c(Oc2ccccc2)c1. The van der Waals surface area contributed by atoms with E-state index < -0.39 is 12.1 Å². The summed E-state index contributed by atoms with van der Waals surface area (Å²) in [5, 5.41) is 0. The predicted molar refractivity (Wildman–Crippen MR) is 64.1 cm³/mol. The summed E-state index contributed by atoms with van der Waals surface area (Å²) >= 11 is 0. The number of benzene rings is 2. The molecule has 19 heavy (non-hydrogen) atoms. The average molecular weight is 269 g/mol. The number of alkyl halides is 3. The van der Waals surface area contributed by atoms with Gasteiger partial charge >= 0.3 is 6.36 Å². The molecule has 0 atom stereocenters. The number of halogens is 3. The maximum Gasteiger partial charge on any atom is 0.573 e. The topological polar surface area (TPSA) is 44.5 Å². The smallest absolute Gasteiger partial charge is 0.453 e. The lowest BCUT2D eigenvalue weighted by atomic mass is 10.3. The number of nitrogen functional groups attached to an aromatic ring is 1. The molecule has 3 nitrogen and oxygen atoms in total. The molecule has 0 aliphatic rings. The van der Waals surface area contributed by atoms with Crippen molar-refractivity contribution in [1.82, 2.24) is 0 Å². The van der Waals surface area contributed by atoms with E-state index >= 15 is 0 Å². The van der Waals surface area contributed by atoms with Crippen LogP contribution in [0, 0.1) is 0 Å². The molecule has 0 radical (unpaired) electrons. The molecular formula is C13H10F3NO2. The highest BCUT2D eigenvalue weighted by molar-refractivity contribution is 5.53. The molecule has 0 amide bonds. The Balaban J connectivity index is 2.30. The number of nitrogens with two attached hydrogens (primary N) is 1. The molecule has 0 fully saturated rings. The third-order valence-corrected chi connectivity index (χ3v) is 2.16. The van der Waals surface area contributed by atoms with Crippen LogP contribution in [0.2, 0.25) is 0 Å². The van der Waals surface area contributed by atoms with Gasteiger partial charge in [0, 0.05) is 11.8 Å². The molecule has 2 rings (SSSR count). The van der Waals surface area contributed by atoms with Gasteiger partial charge in [-0.05, 0) is 24.3 Å². The minimum absolute atomic E-state index is 0.0940. The van der Waals surface area contributed by atoms with Crippen molar-refractivity contribution < 1.29 is 22.6 Å². The number of anilines is 1. The number of hydrogen-bond donors (Lipinski definition) is 1. The van der Waals surface area contributed by atoms with Crippen molar-refractivity contribution in [2.24, 2.45) is 0 Å². The molecule has 0 spiro atoms. The summed E-state index contributed by atoms with van der Waals surface area (Å²) < 4.78 is 46.0. The largest absolute Gasteiger partial charge is 0.573 e. The van der Waals surface area contributed by atoms with E-state index in [1.165, 1.54) is 12.1 Å². The van der Waals surface area contributed by atoms with Crippen LogP contribution < -0.4 is 15.2 Å². The van der Waals surface area contributed by atoms with Crippen molar-refractivity contribution >= 4 is 5.69 Å². The minimum Gasteiger partial charge on any atom is -0.453 e. The third-order valence-electron chi connectivity index (χ3n) is 2.16. The first-order valence-corrected chi connectivity index (χ1v) is 5.32. The molecule has 2 aromatic carbocycles. The summed E-state index contributed by atoms with van der Waals surface area (Å²) in [6.07, 6.45) is -4.79. The van der Waals surface area contributed by atoms with E-state index in [-0.39, 0.29) is 11.4 Å². The summed E-state index contributed by atoms with van der Waals surface area (Å²) in [5.74, 6) is -0.144. The first kappa shape index (κ1) is 13.1. The molecule has 6 heteroatoms. The van der Waals surface area contributed by atoms with Crippen molar-refractivity contribution in [2.45, 2.75) is 6.36 Å². The summed E-state index contributed by atoms with van der Waals surface area (Å²) in [6.45, 7) is 0. The standard InChI is InChI=1S/C13H10F3NO2/c14-13(15,16)19-11-7-6-9(17)8-12(11)18-10-4-2-1-3-5-10/h1-8H,17H2. The Morgan fingerprint density at radius 1 is 0.895 bits per heavy atom. The van der Waals surface area contributed by atoms with E-state index in [9.17, 15) is 13.2 Å². The van der Waals surface area contributed by atoms with Gasteiger partial charge in [0.15, 0.2) is 11.5 Å². The highest BCUT2D eigenvalue weighted by Crippen LogP contribution is 2.36. The summed E-state index contributed by atoms with van der Waals surface area (Å²) in [5.41, 5.74) is 5.81. The maximum absolute atomic E-state index is 12.3. The fourth-order valence-corrected chi connectivity index (χ4v) is 1.43. The maximum atomic E-state index is 12.3. The van der Waals surface area contributed by atoms with Crippen molar-refractivity contribution in [3.8, 4) is 17.2 Å². The van der Waals surface area contributed by atoms with Gasteiger partial charge in [-0.3, -0.25) is 0 Å². The second-order valence-electron chi connectivity index (χ2n) is 3.67. The minimum atomic E-state index is -4.79. The number of ether oxygens (including phenoxy) is 2. The molecule has 100 valence electrons. The van der Waals surface area contributed by atoms with Crippen LogP contribution in [0.15, 0.2) is 48.5 Å². The monoisotopic (exact) mass is 269 g/mol. The molecule has 2 aromatic rings. The highest BCUT2D eigenvalue weighted by atomic mass is 19.4. The third kappa shape index (κ3) is 3.80. The summed E-state index contributed by atoms with van der Waals surface area (Å²) in [7, 11) is 0. The van der Waals surface area contributed by atoms with E-state index in [0.717, 1.165) is 6.07 Å². The Kier molecular flexibility index (Phi) is 3.50. The van der Waals surface area contributed by atoms with E-state index in [2.05, 4.69) is 4.74 Å². The summed E-state index contributed by atoms with van der Waals surface area (Å²) in [6, 6.07) is 12.1. The molecule has 0 saturated heterocycles. The van der Waals surface area contributed by atoms with Crippen LogP contribution >= 0.6 is 0 Å². The first-order valence-electron chi connectivity index (χ1n) is 5.32. The van der Waals surface area contributed by atoms with Crippen molar-refractivity contribution in [3.63, 3.8) is 0 Å². The van der Waals surface area contributed by atoms with Gasteiger partial charge in [0.1, 0.15) is 5.75 Å².